The van der Waals surface area contributed by atoms with Crippen LogP contribution in [0.25, 0.3) is 0 Å². The van der Waals surface area contributed by atoms with Gasteiger partial charge in [0.15, 0.2) is 6.10 Å². The van der Waals surface area contributed by atoms with Gasteiger partial charge in [-0.1, -0.05) is 30.3 Å². The van der Waals surface area contributed by atoms with Gasteiger partial charge in [0.25, 0.3) is 5.91 Å². The van der Waals surface area contributed by atoms with E-state index in [4.69, 9.17) is 4.74 Å². The van der Waals surface area contributed by atoms with E-state index in [0.717, 1.165) is 24.9 Å². The maximum absolute atomic E-state index is 12.5. The monoisotopic (exact) mass is 274 g/mol. The van der Waals surface area contributed by atoms with Crippen molar-refractivity contribution >= 4 is 5.91 Å². The van der Waals surface area contributed by atoms with E-state index in [1.807, 2.05) is 30.3 Å². The van der Waals surface area contributed by atoms with Crippen molar-refractivity contribution in [1.82, 2.24) is 10.2 Å². The number of likely N-dealkylation sites (tertiary alicyclic amines) is 1. The maximum Gasteiger partial charge on any atom is 0.254 e. The van der Waals surface area contributed by atoms with E-state index in [9.17, 15) is 4.79 Å². The van der Waals surface area contributed by atoms with Crippen LogP contribution in [0.4, 0.5) is 0 Å². The second kappa shape index (κ2) is 5.54. The minimum Gasteiger partial charge on any atom is -0.367 e. The number of amides is 1. The van der Waals surface area contributed by atoms with E-state index >= 15 is 0 Å². The second-order valence-electron chi connectivity index (χ2n) is 5.93. The van der Waals surface area contributed by atoms with Gasteiger partial charge in [0, 0.05) is 13.7 Å². The molecule has 1 saturated carbocycles. The van der Waals surface area contributed by atoms with Gasteiger partial charge in [0.1, 0.15) is 0 Å². The Morgan fingerprint density at radius 2 is 2.05 bits per heavy atom. The molecule has 0 spiro atoms. The van der Waals surface area contributed by atoms with Crippen molar-refractivity contribution in [3.8, 4) is 0 Å². The van der Waals surface area contributed by atoms with Crippen molar-refractivity contribution in [2.24, 2.45) is 0 Å². The Kier molecular flexibility index (Phi) is 3.76. The molecule has 4 nitrogen and oxygen atoms in total. The van der Waals surface area contributed by atoms with Crippen LogP contribution in [0, 0.1) is 0 Å². The van der Waals surface area contributed by atoms with Crippen LogP contribution in [0.1, 0.15) is 30.9 Å². The highest BCUT2D eigenvalue weighted by Crippen LogP contribution is 2.37. The van der Waals surface area contributed by atoms with Crippen molar-refractivity contribution < 1.29 is 9.53 Å². The average molecular weight is 274 g/mol. The summed E-state index contributed by atoms with van der Waals surface area (Å²) >= 11 is 0. The zero-order valence-corrected chi connectivity index (χ0v) is 12.0. The van der Waals surface area contributed by atoms with Crippen LogP contribution in [-0.4, -0.2) is 43.1 Å². The molecule has 1 N–H and O–H groups in total. The number of nitrogens with zero attached hydrogens (tertiary/aromatic N) is 1. The number of methoxy groups -OCH3 is 1. The lowest BCUT2D eigenvalue weighted by atomic mass is 10.1. The zero-order valence-electron chi connectivity index (χ0n) is 12.0. The molecule has 3 rings (SSSR count). The van der Waals surface area contributed by atoms with Gasteiger partial charge in [0.2, 0.25) is 0 Å². The second-order valence-corrected chi connectivity index (χ2v) is 5.93. The first-order valence-electron chi connectivity index (χ1n) is 7.35. The number of carbonyl (C=O) groups is 1. The molecule has 0 unspecified atom stereocenters. The third-order valence-electron chi connectivity index (χ3n) is 4.29. The quantitative estimate of drug-likeness (QED) is 0.859. The van der Waals surface area contributed by atoms with Crippen LogP contribution < -0.4 is 5.32 Å². The lowest BCUT2D eigenvalue weighted by Gasteiger charge is -2.35. The number of rotatable bonds is 6. The van der Waals surface area contributed by atoms with Crippen LogP contribution in [0.2, 0.25) is 0 Å². The molecule has 1 aromatic rings. The van der Waals surface area contributed by atoms with Crippen molar-refractivity contribution in [3.63, 3.8) is 0 Å². The molecule has 1 aromatic carbocycles. The van der Waals surface area contributed by atoms with Gasteiger partial charge in [-0.15, -0.1) is 0 Å². The molecule has 1 saturated heterocycles. The molecule has 1 heterocycles. The lowest BCUT2D eigenvalue weighted by molar-refractivity contribution is -0.132. The summed E-state index contributed by atoms with van der Waals surface area (Å²) in [5.41, 5.74) is 0.913. The van der Waals surface area contributed by atoms with Crippen LogP contribution in [-0.2, 0) is 9.53 Å². The molecule has 0 bridgehead atoms. The molecule has 4 heteroatoms. The van der Waals surface area contributed by atoms with Gasteiger partial charge in [-0.2, -0.15) is 0 Å². The average Bonchev–Trinajstić information content (AvgIpc) is 3.16. The summed E-state index contributed by atoms with van der Waals surface area (Å²) < 4.78 is 5.39. The molecule has 1 atom stereocenters. The molecular weight excluding hydrogens is 252 g/mol. The molecule has 2 aliphatic rings. The number of benzene rings is 1. The first-order chi connectivity index (χ1) is 9.72. The molecule has 108 valence electrons. The SMILES string of the molecule is CO[C@H](C(=O)NC1(CN2CCC2)CC1)c1ccccc1. The number of ether oxygens (including phenoxy) is 1. The molecular formula is C16H22N2O2. The van der Waals surface area contributed by atoms with Crippen LogP contribution in [0.15, 0.2) is 30.3 Å². The van der Waals surface area contributed by atoms with Crippen molar-refractivity contribution in [3.05, 3.63) is 35.9 Å². The van der Waals surface area contributed by atoms with E-state index in [-0.39, 0.29) is 11.4 Å². The first kappa shape index (κ1) is 13.6. The Labute approximate surface area is 120 Å². The van der Waals surface area contributed by atoms with Gasteiger partial charge >= 0.3 is 0 Å². The molecule has 1 aliphatic carbocycles. The van der Waals surface area contributed by atoms with E-state index in [2.05, 4.69) is 10.2 Å². The predicted molar refractivity (Wildman–Crippen MR) is 77.4 cm³/mol. The Morgan fingerprint density at radius 3 is 2.55 bits per heavy atom. The van der Waals surface area contributed by atoms with Gasteiger partial charge < -0.3 is 15.0 Å². The molecule has 0 radical (unpaired) electrons. The summed E-state index contributed by atoms with van der Waals surface area (Å²) in [6, 6.07) is 9.68. The fourth-order valence-electron chi connectivity index (χ4n) is 2.79. The summed E-state index contributed by atoms with van der Waals surface area (Å²) in [5, 5.41) is 3.21. The smallest absolute Gasteiger partial charge is 0.254 e. The minimum absolute atomic E-state index is 0.00304. The molecule has 1 aliphatic heterocycles. The van der Waals surface area contributed by atoms with Gasteiger partial charge in [-0.25, -0.2) is 0 Å². The van der Waals surface area contributed by atoms with Gasteiger partial charge in [-0.05, 0) is 37.9 Å². The molecule has 0 aromatic heterocycles. The van der Waals surface area contributed by atoms with Crippen molar-refractivity contribution in [2.75, 3.05) is 26.7 Å². The van der Waals surface area contributed by atoms with Crippen molar-refractivity contribution in [1.29, 1.82) is 0 Å². The summed E-state index contributed by atoms with van der Waals surface area (Å²) in [4.78, 5) is 14.9. The minimum atomic E-state index is -0.509. The van der Waals surface area contributed by atoms with E-state index in [0.29, 0.717) is 0 Å². The van der Waals surface area contributed by atoms with E-state index in [1.54, 1.807) is 7.11 Å². The Balaban J connectivity index is 1.62. The van der Waals surface area contributed by atoms with Crippen LogP contribution in [0.5, 0.6) is 0 Å². The van der Waals surface area contributed by atoms with Crippen LogP contribution >= 0.6 is 0 Å². The standard InChI is InChI=1S/C16H22N2O2/c1-20-14(13-6-3-2-4-7-13)15(19)17-16(8-9-16)12-18-10-5-11-18/h2-4,6-7,14H,5,8-12H2,1H3,(H,17,19)/t14-/m0/s1. The summed E-state index contributed by atoms with van der Waals surface area (Å²) in [5.74, 6) is -0.0169. The number of carbonyl (C=O) groups excluding carboxylic acids is 1. The van der Waals surface area contributed by atoms with E-state index in [1.165, 1.54) is 19.5 Å². The number of hydrogen-bond acceptors (Lipinski definition) is 3. The topological polar surface area (TPSA) is 41.6 Å². The largest absolute Gasteiger partial charge is 0.367 e. The maximum atomic E-state index is 12.5. The summed E-state index contributed by atoms with van der Waals surface area (Å²) in [6.07, 6.45) is 2.94. The highest BCUT2D eigenvalue weighted by atomic mass is 16.5. The highest BCUT2D eigenvalue weighted by molar-refractivity contribution is 5.83. The summed E-state index contributed by atoms with van der Waals surface area (Å²) in [7, 11) is 1.59. The van der Waals surface area contributed by atoms with E-state index < -0.39 is 6.10 Å². The number of hydrogen-bond donors (Lipinski definition) is 1. The fraction of sp³-hybridized carbons (Fsp3) is 0.562. The van der Waals surface area contributed by atoms with Crippen LogP contribution in [0.3, 0.4) is 0 Å². The molecule has 20 heavy (non-hydrogen) atoms. The Morgan fingerprint density at radius 1 is 1.35 bits per heavy atom. The van der Waals surface area contributed by atoms with Gasteiger partial charge in [-0.3, -0.25) is 4.79 Å². The van der Waals surface area contributed by atoms with Crippen molar-refractivity contribution in [2.45, 2.75) is 30.9 Å². The first-order valence-corrected chi connectivity index (χ1v) is 7.35. The zero-order chi connectivity index (χ0) is 14.0. The Bertz CT molecular complexity index is 467. The predicted octanol–water partition coefficient (Wildman–Crippen LogP) is 1.73. The Hall–Kier alpha value is -1.39. The fourth-order valence-corrected chi connectivity index (χ4v) is 2.79. The summed E-state index contributed by atoms with van der Waals surface area (Å²) in [6.45, 7) is 3.33. The third-order valence-corrected chi connectivity index (χ3v) is 4.29. The third kappa shape index (κ3) is 2.86. The molecule has 1 amide bonds. The normalized spacial score (nSPS) is 21.9. The lowest BCUT2D eigenvalue weighted by Crippen LogP contribution is -2.51. The highest BCUT2D eigenvalue weighted by Gasteiger charge is 2.46. The van der Waals surface area contributed by atoms with Gasteiger partial charge in [0.05, 0.1) is 5.54 Å². The number of nitrogens with one attached hydrogen (secondary N) is 1. The molecule has 2 fully saturated rings.